The zero-order chi connectivity index (χ0) is 12.1. The molecule has 2 rings (SSSR count). The molecule has 0 bridgehead atoms. The van der Waals surface area contributed by atoms with Crippen LogP contribution in [0, 0.1) is 0 Å². The molecule has 3 heteroatoms. The molecule has 0 fully saturated rings. The molecule has 0 saturated carbocycles. The molecule has 0 heterocycles. The van der Waals surface area contributed by atoms with Crippen molar-refractivity contribution in [3.8, 4) is 11.5 Å². The lowest BCUT2D eigenvalue weighted by molar-refractivity contribution is 0.303. The molecule has 0 aromatic heterocycles. The van der Waals surface area contributed by atoms with E-state index in [1.54, 1.807) is 7.11 Å². The van der Waals surface area contributed by atoms with Crippen LogP contribution in [0.5, 0.6) is 11.5 Å². The molecule has 0 amide bonds. The van der Waals surface area contributed by atoms with Gasteiger partial charge in [-0.1, -0.05) is 29.8 Å². The lowest BCUT2D eigenvalue weighted by atomic mass is 10.2. The summed E-state index contributed by atoms with van der Waals surface area (Å²) in [4.78, 5) is 0. The number of ether oxygens (including phenoxy) is 2. The van der Waals surface area contributed by atoms with Crippen molar-refractivity contribution in [2.75, 3.05) is 7.11 Å². The molecule has 2 aromatic carbocycles. The normalized spacial score (nSPS) is 10.0. The number of hydrogen-bond acceptors (Lipinski definition) is 2. The number of halogens is 1. The topological polar surface area (TPSA) is 18.5 Å². The van der Waals surface area contributed by atoms with E-state index in [9.17, 15) is 0 Å². The minimum Gasteiger partial charge on any atom is -0.497 e. The summed E-state index contributed by atoms with van der Waals surface area (Å²) >= 11 is 5.90. The van der Waals surface area contributed by atoms with Gasteiger partial charge in [0.15, 0.2) is 0 Å². The minimum absolute atomic E-state index is 0.494. The molecule has 0 aliphatic heterocycles. The van der Waals surface area contributed by atoms with Crippen molar-refractivity contribution in [3.63, 3.8) is 0 Å². The van der Waals surface area contributed by atoms with Gasteiger partial charge in [-0.3, -0.25) is 0 Å². The summed E-state index contributed by atoms with van der Waals surface area (Å²) in [7, 11) is 1.64. The molecule has 0 radical (unpaired) electrons. The molecular weight excluding hydrogens is 236 g/mol. The highest BCUT2D eigenvalue weighted by molar-refractivity contribution is 6.30. The highest BCUT2D eigenvalue weighted by Crippen LogP contribution is 2.20. The first-order valence-corrected chi connectivity index (χ1v) is 5.67. The van der Waals surface area contributed by atoms with Gasteiger partial charge in [-0.25, -0.2) is 0 Å². The average molecular weight is 249 g/mol. The van der Waals surface area contributed by atoms with Crippen molar-refractivity contribution >= 4 is 11.6 Å². The van der Waals surface area contributed by atoms with E-state index in [-0.39, 0.29) is 0 Å². The summed E-state index contributed by atoms with van der Waals surface area (Å²) < 4.78 is 10.8. The van der Waals surface area contributed by atoms with Gasteiger partial charge in [-0.15, -0.1) is 0 Å². The molecule has 2 nitrogen and oxygen atoms in total. The van der Waals surface area contributed by atoms with Crippen LogP contribution in [0.2, 0.25) is 5.02 Å². The quantitative estimate of drug-likeness (QED) is 0.816. The molecule has 0 spiro atoms. The molecule has 0 unspecified atom stereocenters. The Bertz CT molecular complexity index is 497. The van der Waals surface area contributed by atoms with Gasteiger partial charge in [0.1, 0.15) is 18.1 Å². The van der Waals surface area contributed by atoms with Crippen molar-refractivity contribution < 1.29 is 9.47 Å². The molecule has 0 saturated heterocycles. The smallest absolute Gasteiger partial charge is 0.123 e. The molecule has 0 aliphatic carbocycles. The SMILES string of the molecule is COc1cccc(OCc2cccc(Cl)c2)c1. The van der Waals surface area contributed by atoms with Crippen molar-refractivity contribution in [1.82, 2.24) is 0 Å². The number of hydrogen-bond donors (Lipinski definition) is 0. The third-order valence-electron chi connectivity index (χ3n) is 2.34. The van der Waals surface area contributed by atoms with Gasteiger partial charge in [-0.2, -0.15) is 0 Å². The van der Waals surface area contributed by atoms with E-state index in [1.807, 2.05) is 48.5 Å². The van der Waals surface area contributed by atoms with Crippen LogP contribution in [0.3, 0.4) is 0 Å². The maximum atomic E-state index is 5.90. The van der Waals surface area contributed by atoms with Crippen LogP contribution in [-0.4, -0.2) is 7.11 Å². The van der Waals surface area contributed by atoms with Gasteiger partial charge in [0.05, 0.1) is 7.11 Å². The fourth-order valence-corrected chi connectivity index (χ4v) is 1.70. The van der Waals surface area contributed by atoms with Crippen molar-refractivity contribution in [2.24, 2.45) is 0 Å². The minimum atomic E-state index is 0.494. The third-order valence-corrected chi connectivity index (χ3v) is 2.57. The molecule has 0 atom stereocenters. The van der Waals surface area contributed by atoms with Crippen molar-refractivity contribution in [3.05, 3.63) is 59.1 Å². The van der Waals surface area contributed by atoms with Gasteiger partial charge >= 0.3 is 0 Å². The Morgan fingerprint density at radius 2 is 1.76 bits per heavy atom. The Hall–Kier alpha value is -1.67. The van der Waals surface area contributed by atoms with E-state index >= 15 is 0 Å². The first-order chi connectivity index (χ1) is 8.28. The predicted molar refractivity (Wildman–Crippen MR) is 68.8 cm³/mol. The van der Waals surface area contributed by atoms with E-state index < -0.39 is 0 Å². The Balaban J connectivity index is 2.02. The summed E-state index contributed by atoms with van der Waals surface area (Å²) in [5.74, 6) is 1.57. The lowest BCUT2D eigenvalue weighted by Gasteiger charge is -2.07. The zero-order valence-electron chi connectivity index (χ0n) is 9.52. The van der Waals surface area contributed by atoms with Crippen molar-refractivity contribution in [1.29, 1.82) is 0 Å². The lowest BCUT2D eigenvalue weighted by Crippen LogP contribution is -1.95. The molecule has 0 aliphatic rings. The monoisotopic (exact) mass is 248 g/mol. The predicted octanol–water partition coefficient (Wildman–Crippen LogP) is 3.93. The zero-order valence-corrected chi connectivity index (χ0v) is 10.3. The number of benzene rings is 2. The van der Waals surface area contributed by atoms with Crippen LogP contribution >= 0.6 is 11.6 Å². The fourth-order valence-electron chi connectivity index (χ4n) is 1.48. The van der Waals surface area contributed by atoms with Crippen molar-refractivity contribution in [2.45, 2.75) is 6.61 Å². The number of methoxy groups -OCH3 is 1. The molecule has 2 aromatic rings. The summed E-state index contributed by atoms with van der Waals surface area (Å²) in [6.07, 6.45) is 0. The molecule has 88 valence electrons. The largest absolute Gasteiger partial charge is 0.497 e. The maximum Gasteiger partial charge on any atom is 0.123 e. The molecule has 0 N–H and O–H groups in total. The Morgan fingerprint density at radius 3 is 2.53 bits per heavy atom. The van der Waals surface area contributed by atoms with Crippen LogP contribution < -0.4 is 9.47 Å². The second-order valence-corrected chi connectivity index (χ2v) is 4.03. The van der Waals surface area contributed by atoms with E-state index in [0.717, 1.165) is 22.1 Å². The second kappa shape index (κ2) is 5.60. The van der Waals surface area contributed by atoms with E-state index in [4.69, 9.17) is 21.1 Å². The molecule has 17 heavy (non-hydrogen) atoms. The average Bonchev–Trinajstić information content (AvgIpc) is 2.37. The summed E-state index contributed by atoms with van der Waals surface area (Å²) in [5.41, 5.74) is 1.04. The fraction of sp³-hybridized carbons (Fsp3) is 0.143. The summed E-state index contributed by atoms with van der Waals surface area (Å²) in [6.45, 7) is 0.494. The summed E-state index contributed by atoms with van der Waals surface area (Å²) in [5, 5.41) is 0.719. The first-order valence-electron chi connectivity index (χ1n) is 5.29. The third kappa shape index (κ3) is 3.40. The standard InChI is InChI=1S/C14H13ClO2/c1-16-13-6-3-7-14(9-13)17-10-11-4-2-5-12(15)8-11/h2-9H,10H2,1H3. The molecular formula is C14H13ClO2. The van der Waals surface area contributed by atoms with Gasteiger partial charge in [0.2, 0.25) is 0 Å². The van der Waals surface area contributed by atoms with Crippen LogP contribution in [0.1, 0.15) is 5.56 Å². The highest BCUT2D eigenvalue weighted by Gasteiger charge is 1.98. The van der Waals surface area contributed by atoms with Crippen LogP contribution in [0.4, 0.5) is 0 Å². The van der Waals surface area contributed by atoms with E-state index in [0.29, 0.717) is 6.61 Å². The summed E-state index contributed by atoms with van der Waals surface area (Å²) in [6, 6.07) is 15.1. The second-order valence-electron chi connectivity index (χ2n) is 3.60. The van der Waals surface area contributed by atoms with E-state index in [1.165, 1.54) is 0 Å². The maximum absolute atomic E-state index is 5.90. The van der Waals surface area contributed by atoms with Crippen LogP contribution in [0.25, 0.3) is 0 Å². The number of rotatable bonds is 4. The van der Waals surface area contributed by atoms with Gasteiger partial charge in [0, 0.05) is 11.1 Å². The highest BCUT2D eigenvalue weighted by atomic mass is 35.5. The van der Waals surface area contributed by atoms with Gasteiger partial charge in [-0.05, 0) is 29.8 Å². The van der Waals surface area contributed by atoms with Gasteiger partial charge in [0.25, 0.3) is 0 Å². The Labute approximate surface area is 106 Å². The van der Waals surface area contributed by atoms with Crippen LogP contribution in [-0.2, 0) is 6.61 Å². The van der Waals surface area contributed by atoms with Crippen LogP contribution in [0.15, 0.2) is 48.5 Å². The Morgan fingerprint density at radius 1 is 1.00 bits per heavy atom. The van der Waals surface area contributed by atoms with E-state index in [2.05, 4.69) is 0 Å². The first kappa shape index (κ1) is 11.8. The van der Waals surface area contributed by atoms with Gasteiger partial charge < -0.3 is 9.47 Å². The Kier molecular flexibility index (Phi) is 3.89.